The molecule has 0 spiro atoms. The first-order chi connectivity index (χ1) is 9.22. The monoisotopic (exact) mass is 258 g/mol. The highest BCUT2D eigenvalue weighted by Crippen LogP contribution is 2.19. The van der Waals surface area contributed by atoms with Crippen molar-refractivity contribution in [3.63, 3.8) is 0 Å². The maximum atomic E-state index is 5.04. The normalized spacial score (nSPS) is 10.3. The van der Waals surface area contributed by atoms with Gasteiger partial charge < -0.3 is 10.1 Å². The van der Waals surface area contributed by atoms with E-state index in [2.05, 4.69) is 27.2 Å². The molecule has 2 rings (SSSR count). The van der Waals surface area contributed by atoms with Crippen LogP contribution in [0.15, 0.2) is 24.4 Å². The zero-order valence-electron chi connectivity index (χ0n) is 11.5. The number of anilines is 1. The lowest BCUT2D eigenvalue weighted by Gasteiger charge is -2.08. The third-order valence-corrected chi connectivity index (χ3v) is 2.61. The Bertz CT molecular complexity index is 540. The Kier molecular flexibility index (Phi) is 4.28. The molecule has 2 aromatic heterocycles. The van der Waals surface area contributed by atoms with Gasteiger partial charge in [-0.1, -0.05) is 6.92 Å². The highest BCUT2D eigenvalue weighted by Gasteiger charge is 2.05. The second-order valence-corrected chi connectivity index (χ2v) is 4.23. The van der Waals surface area contributed by atoms with Crippen molar-refractivity contribution in [2.75, 3.05) is 19.0 Å². The number of pyridine rings is 1. The summed E-state index contributed by atoms with van der Waals surface area (Å²) in [4.78, 5) is 13.1. The maximum Gasteiger partial charge on any atom is 0.212 e. The number of ether oxygens (including phenoxy) is 1. The molecule has 0 radical (unpaired) electrons. The van der Waals surface area contributed by atoms with Gasteiger partial charge in [-0.15, -0.1) is 0 Å². The molecule has 5 heteroatoms. The molecular weight excluding hydrogens is 240 g/mol. The predicted molar refractivity (Wildman–Crippen MR) is 75.3 cm³/mol. The van der Waals surface area contributed by atoms with Crippen molar-refractivity contribution in [2.45, 2.75) is 20.3 Å². The summed E-state index contributed by atoms with van der Waals surface area (Å²) < 4.78 is 5.04. The number of nitrogens with zero attached hydrogens (tertiary/aromatic N) is 3. The molecule has 2 heterocycles. The second kappa shape index (κ2) is 6.13. The summed E-state index contributed by atoms with van der Waals surface area (Å²) in [5, 5.41) is 3.27. The fourth-order valence-corrected chi connectivity index (χ4v) is 1.67. The van der Waals surface area contributed by atoms with E-state index in [4.69, 9.17) is 4.74 Å². The van der Waals surface area contributed by atoms with Crippen molar-refractivity contribution >= 4 is 5.82 Å². The molecule has 0 aliphatic rings. The summed E-state index contributed by atoms with van der Waals surface area (Å²) >= 11 is 0. The Labute approximate surface area is 113 Å². The average molecular weight is 258 g/mol. The zero-order valence-corrected chi connectivity index (χ0v) is 11.5. The summed E-state index contributed by atoms with van der Waals surface area (Å²) in [6.07, 6.45) is 2.78. The van der Waals surface area contributed by atoms with Crippen molar-refractivity contribution in [2.24, 2.45) is 0 Å². The molecule has 0 atom stereocenters. The van der Waals surface area contributed by atoms with Crippen LogP contribution in [-0.2, 0) is 0 Å². The van der Waals surface area contributed by atoms with E-state index in [0.717, 1.165) is 30.0 Å². The van der Waals surface area contributed by atoms with E-state index in [1.165, 1.54) is 0 Å². The van der Waals surface area contributed by atoms with Gasteiger partial charge in [0, 0.05) is 36.1 Å². The minimum absolute atomic E-state index is 0.584. The van der Waals surface area contributed by atoms with Crippen LogP contribution in [0.5, 0.6) is 5.88 Å². The lowest BCUT2D eigenvalue weighted by atomic mass is 10.2. The Hall–Kier alpha value is -2.17. The van der Waals surface area contributed by atoms with E-state index in [1.807, 2.05) is 19.1 Å². The standard InChI is InChI=1S/C14H18N4O/c1-4-7-15-12-8-10(2)17-14(18-12)11-5-6-13(19-3)16-9-11/h5-6,8-9H,4,7H2,1-3H3,(H,15,17,18). The smallest absolute Gasteiger partial charge is 0.212 e. The van der Waals surface area contributed by atoms with Gasteiger partial charge in [0.2, 0.25) is 5.88 Å². The largest absolute Gasteiger partial charge is 0.481 e. The molecule has 5 nitrogen and oxygen atoms in total. The van der Waals surface area contributed by atoms with Crippen molar-refractivity contribution in [1.29, 1.82) is 0 Å². The summed E-state index contributed by atoms with van der Waals surface area (Å²) in [6.45, 7) is 4.98. The Balaban J connectivity index is 2.29. The molecule has 0 amide bonds. The minimum atomic E-state index is 0.584. The van der Waals surface area contributed by atoms with Gasteiger partial charge >= 0.3 is 0 Å². The molecule has 100 valence electrons. The van der Waals surface area contributed by atoms with E-state index >= 15 is 0 Å². The molecule has 19 heavy (non-hydrogen) atoms. The van der Waals surface area contributed by atoms with Crippen LogP contribution >= 0.6 is 0 Å². The second-order valence-electron chi connectivity index (χ2n) is 4.23. The van der Waals surface area contributed by atoms with E-state index in [1.54, 1.807) is 19.4 Å². The summed E-state index contributed by atoms with van der Waals surface area (Å²) in [5.41, 5.74) is 1.81. The first-order valence-corrected chi connectivity index (χ1v) is 6.33. The highest BCUT2D eigenvalue weighted by atomic mass is 16.5. The number of rotatable bonds is 5. The van der Waals surface area contributed by atoms with Crippen molar-refractivity contribution in [3.05, 3.63) is 30.1 Å². The third kappa shape index (κ3) is 3.40. The Morgan fingerprint density at radius 2 is 2.11 bits per heavy atom. The van der Waals surface area contributed by atoms with Crippen LogP contribution in [0.25, 0.3) is 11.4 Å². The van der Waals surface area contributed by atoms with Crippen LogP contribution < -0.4 is 10.1 Å². The van der Waals surface area contributed by atoms with Gasteiger partial charge in [0.1, 0.15) is 5.82 Å². The van der Waals surface area contributed by atoms with E-state index in [-0.39, 0.29) is 0 Å². The van der Waals surface area contributed by atoms with Crippen molar-refractivity contribution < 1.29 is 4.74 Å². The van der Waals surface area contributed by atoms with Crippen molar-refractivity contribution in [1.82, 2.24) is 15.0 Å². The number of hydrogen-bond donors (Lipinski definition) is 1. The number of aryl methyl sites for hydroxylation is 1. The van der Waals surface area contributed by atoms with Gasteiger partial charge in [-0.2, -0.15) is 0 Å². The molecule has 0 fully saturated rings. The summed E-state index contributed by atoms with van der Waals surface area (Å²) in [6, 6.07) is 5.65. The van der Waals surface area contributed by atoms with Gasteiger partial charge in [0.25, 0.3) is 0 Å². The Morgan fingerprint density at radius 1 is 1.26 bits per heavy atom. The van der Waals surface area contributed by atoms with Gasteiger partial charge in [0.15, 0.2) is 5.82 Å². The third-order valence-electron chi connectivity index (χ3n) is 2.61. The van der Waals surface area contributed by atoms with E-state index in [9.17, 15) is 0 Å². The van der Waals surface area contributed by atoms with E-state index < -0.39 is 0 Å². The molecule has 0 aliphatic carbocycles. The maximum absolute atomic E-state index is 5.04. The van der Waals surface area contributed by atoms with Crippen molar-refractivity contribution in [3.8, 4) is 17.3 Å². The predicted octanol–water partition coefficient (Wildman–Crippen LogP) is 2.68. The molecule has 0 aromatic carbocycles. The molecular formula is C14H18N4O. The lowest BCUT2D eigenvalue weighted by Crippen LogP contribution is -2.04. The molecule has 0 bridgehead atoms. The van der Waals surface area contributed by atoms with Crippen LogP contribution in [0.3, 0.4) is 0 Å². The SMILES string of the molecule is CCCNc1cc(C)nc(-c2ccc(OC)nc2)n1. The molecule has 0 unspecified atom stereocenters. The molecule has 0 saturated heterocycles. The highest BCUT2D eigenvalue weighted by molar-refractivity contribution is 5.56. The minimum Gasteiger partial charge on any atom is -0.481 e. The van der Waals surface area contributed by atoms with Crippen LogP contribution in [0, 0.1) is 6.92 Å². The molecule has 0 aliphatic heterocycles. The lowest BCUT2D eigenvalue weighted by molar-refractivity contribution is 0.398. The molecule has 2 aromatic rings. The molecule has 0 saturated carbocycles. The van der Waals surface area contributed by atoms with Gasteiger partial charge in [-0.25, -0.2) is 15.0 Å². The number of methoxy groups -OCH3 is 1. The number of aromatic nitrogens is 3. The van der Waals surface area contributed by atoms with Crippen LogP contribution in [0.2, 0.25) is 0 Å². The fraction of sp³-hybridized carbons (Fsp3) is 0.357. The Morgan fingerprint density at radius 3 is 2.74 bits per heavy atom. The first kappa shape index (κ1) is 13.3. The number of nitrogens with one attached hydrogen (secondary N) is 1. The molecule has 1 N–H and O–H groups in total. The van der Waals surface area contributed by atoms with Crippen LogP contribution in [0.4, 0.5) is 5.82 Å². The topological polar surface area (TPSA) is 59.9 Å². The van der Waals surface area contributed by atoms with Crippen LogP contribution in [0.1, 0.15) is 19.0 Å². The number of hydrogen-bond acceptors (Lipinski definition) is 5. The fourth-order valence-electron chi connectivity index (χ4n) is 1.67. The van der Waals surface area contributed by atoms with Gasteiger partial charge in [-0.3, -0.25) is 0 Å². The van der Waals surface area contributed by atoms with Gasteiger partial charge in [0.05, 0.1) is 7.11 Å². The summed E-state index contributed by atoms with van der Waals surface area (Å²) in [7, 11) is 1.60. The average Bonchev–Trinajstić information content (AvgIpc) is 2.44. The van der Waals surface area contributed by atoms with Gasteiger partial charge in [-0.05, 0) is 19.4 Å². The van der Waals surface area contributed by atoms with Crippen LogP contribution in [-0.4, -0.2) is 28.6 Å². The summed E-state index contributed by atoms with van der Waals surface area (Å²) in [5.74, 6) is 2.11. The van der Waals surface area contributed by atoms with E-state index in [0.29, 0.717) is 11.7 Å². The first-order valence-electron chi connectivity index (χ1n) is 6.33. The zero-order chi connectivity index (χ0) is 13.7. The quantitative estimate of drug-likeness (QED) is 0.893.